The normalized spacial score (nSPS) is 17.7. The summed E-state index contributed by atoms with van der Waals surface area (Å²) >= 11 is 3.51. The van der Waals surface area contributed by atoms with E-state index in [4.69, 9.17) is 4.74 Å². The van der Waals surface area contributed by atoms with E-state index >= 15 is 0 Å². The number of nitrogens with one attached hydrogen (secondary N) is 1. The Kier molecular flexibility index (Phi) is 5.89. The van der Waals surface area contributed by atoms with Gasteiger partial charge >= 0.3 is 6.09 Å². The average molecular weight is 384 g/mol. The average Bonchev–Trinajstić information content (AvgIpc) is 2.48. The number of likely N-dealkylation sites (tertiary alicyclic amines) is 1. The predicted octanol–water partition coefficient (Wildman–Crippen LogP) is 4.29. The van der Waals surface area contributed by atoms with Crippen molar-refractivity contribution in [2.24, 2.45) is 5.92 Å². The third-order valence-electron chi connectivity index (χ3n) is 4.02. The van der Waals surface area contributed by atoms with E-state index in [9.17, 15) is 4.79 Å². The molecule has 0 spiro atoms. The smallest absolute Gasteiger partial charge is 0.410 e. The maximum absolute atomic E-state index is 12.1. The second-order valence-electron chi connectivity index (χ2n) is 7.07. The third kappa shape index (κ3) is 5.37. The molecule has 0 aliphatic carbocycles. The molecule has 2 heterocycles. The lowest BCUT2D eigenvalue weighted by Crippen LogP contribution is -2.44. The minimum absolute atomic E-state index is 0.205. The van der Waals surface area contributed by atoms with Crippen LogP contribution in [0.4, 0.5) is 10.6 Å². The first-order valence-electron chi connectivity index (χ1n) is 8.11. The summed E-state index contributed by atoms with van der Waals surface area (Å²) in [6.07, 6.45) is 3.52. The molecule has 128 valence electrons. The van der Waals surface area contributed by atoms with Crippen LogP contribution >= 0.6 is 15.9 Å². The van der Waals surface area contributed by atoms with Gasteiger partial charge in [-0.15, -0.1) is 0 Å². The van der Waals surface area contributed by atoms with Gasteiger partial charge in [0.25, 0.3) is 0 Å². The first-order valence-corrected chi connectivity index (χ1v) is 8.90. The van der Waals surface area contributed by atoms with Crippen LogP contribution in [0, 0.1) is 5.92 Å². The Morgan fingerprint density at radius 2 is 2.09 bits per heavy atom. The second kappa shape index (κ2) is 7.51. The van der Waals surface area contributed by atoms with Gasteiger partial charge in [0.2, 0.25) is 0 Å². The molecule has 1 aromatic rings. The highest BCUT2D eigenvalue weighted by atomic mass is 79.9. The fourth-order valence-corrected chi connectivity index (χ4v) is 3.10. The Morgan fingerprint density at radius 1 is 1.43 bits per heavy atom. The summed E-state index contributed by atoms with van der Waals surface area (Å²) in [6, 6.07) is 4.19. The second-order valence-corrected chi connectivity index (χ2v) is 7.93. The zero-order chi connectivity index (χ0) is 17.0. The number of carbonyl (C=O) groups excluding carboxylic acids is 1. The van der Waals surface area contributed by atoms with E-state index < -0.39 is 5.60 Å². The molecule has 23 heavy (non-hydrogen) atoms. The molecule has 6 heteroatoms. The van der Waals surface area contributed by atoms with Gasteiger partial charge in [0, 0.05) is 25.3 Å². The highest BCUT2D eigenvalue weighted by Crippen LogP contribution is 2.26. The molecule has 1 aromatic heterocycles. The van der Waals surface area contributed by atoms with Gasteiger partial charge in [-0.3, -0.25) is 0 Å². The topological polar surface area (TPSA) is 54.5 Å². The van der Waals surface area contributed by atoms with Gasteiger partial charge in [-0.2, -0.15) is 0 Å². The molecular weight excluding hydrogens is 358 g/mol. The van der Waals surface area contributed by atoms with Crippen LogP contribution in [0.3, 0.4) is 0 Å². The monoisotopic (exact) mass is 383 g/mol. The fourth-order valence-electron chi connectivity index (χ4n) is 2.73. The van der Waals surface area contributed by atoms with Crippen molar-refractivity contribution in [3.63, 3.8) is 0 Å². The molecule has 2 rings (SSSR count). The van der Waals surface area contributed by atoms with Crippen molar-refractivity contribution in [2.75, 3.05) is 18.4 Å². The number of halogens is 1. The van der Waals surface area contributed by atoms with Crippen molar-refractivity contribution >= 4 is 27.8 Å². The van der Waals surface area contributed by atoms with Crippen molar-refractivity contribution in [1.29, 1.82) is 0 Å². The van der Waals surface area contributed by atoms with Crippen LogP contribution in [0.25, 0.3) is 0 Å². The minimum Gasteiger partial charge on any atom is -0.444 e. The van der Waals surface area contributed by atoms with Gasteiger partial charge in [-0.25, -0.2) is 9.78 Å². The lowest BCUT2D eigenvalue weighted by atomic mass is 9.90. The SMILES string of the molecule is C[C@@H](Nc1ncccc1Br)C1CCN(C(=O)OC(C)(C)C)CC1. The summed E-state index contributed by atoms with van der Waals surface area (Å²) < 4.78 is 6.41. The number of pyridine rings is 1. The van der Waals surface area contributed by atoms with E-state index in [2.05, 4.69) is 33.2 Å². The first-order chi connectivity index (χ1) is 10.8. The number of amides is 1. The standard InChI is InChI=1S/C17H26BrN3O2/c1-12(20-15-14(18)6-5-9-19-15)13-7-10-21(11-8-13)16(22)23-17(2,3)4/h5-6,9,12-13H,7-8,10-11H2,1-4H3,(H,19,20)/t12-/m1/s1. The molecule has 5 nitrogen and oxygen atoms in total. The van der Waals surface area contributed by atoms with E-state index in [-0.39, 0.29) is 6.09 Å². The molecule has 0 saturated carbocycles. The van der Waals surface area contributed by atoms with E-state index in [0.717, 1.165) is 36.2 Å². The van der Waals surface area contributed by atoms with E-state index in [1.165, 1.54) is 0 Å². The lowest BCUT2D eigenvalue weighted by molar-refractivity contribution is 0.0179. The molecular formula is C17H26BrN3O2. The van der Waals surface area contributed by atoms with Gasteiger partial charge in [0.1, 0.15) is 11.4 Å². The number of hydrogen-bond donors (Lipinski definition) is 1. The molecule has 0 aromatic carbocycles. The van der Waals surface area contributed by atoms with Crippen LogP contribution < -0.4 is 5.32 Å². The summed E-state index contributed by atoms with van der Waals surface area (Å²) in [5, 5.41) is 3.47. The van der Waals surface area contributed by atoms with Gasteiger partial charge in [-0.1, -0.05) is 0 Å². The number of carbonyl (C=O) groups is 1. The Labute approximate surface area is 146 Å². The molecule has 1 N–H and O–H groups in total. The maximum atomic E-state index is 12.1. The number of hydrogen-bond acceptors (Lipinski definition) is 4. The first kappa shape index (κ1) is 18.0. The number of ether oxygens (including phenoxy) is 1. The van der Waals surface area contributed by atoms with Gasteiger partial charge in [-0.05, 0) is 74.5 Å². The van der Waals surface area contributed by atoms with Crippen LogP contribution in [0.5, 0.6) is 0 Å². The predicted molar refractivity (Wildman–Crippen MR) is 95.6 cm³/mol. The molecule has 0 unspecified atom stereocenters. The van der Waals surface area contributed by atoms with Crippen LogP contribution in [0.1, 0.15) is 40.5 Å². The van der Waals surface area contributed by atoms with E-state index in [0.29, 0.717) is 12.0 Å². The summed E-state index contributed by atoms with van der Waals surface area (Å²) in [7, 11) is 0. The van der Waals surface area contributed by atoms with Gasteiger partial charge < -0.3 is 15.0 Å². The van der Waals surface area contributed by atoms with Crippen molar-refractivity contribution in [2.45, 2.75) is 52.2 Å². The molecule has 1 aliphatic rings. The van der Waals surface area contributed by atoms with Crippen LogP contribution in [0.15, 0.2) is 22.8 Å². The fraction of sp³-hybridized carbons (Fsp3) is 0.647. The van der Waals surface area contributed by atoms with Gasteiger partial charge in [0.15, 0.2) is 0 Å². The molecule has 0 bridgehead atoms. The minimum atomic E-state index is -0.436. The van der Waals surface area contributed by atoms with Crippen molar-refractivity contribution in [3.8, 4) is 0 Å². The number of aromatic nitrogens is 1. The number of rotatable bonds is 3. The van der Waals surface area contributed by atoms with Crippen molar-refractivity contribution in [3.05, 3.63) is 22.8 Å². The Bertz CT molecular complexity index is 537. The number of piperidine rings is 1. The highest BCUT2D eigenvalue weighted by Gasteiger charge is 2.29. The van der Waals surface area contributed by atoms with Gasteiger partial charge in [0.05, 0.1) is 4.47 Å². The number of anilines is 1. The number of nitrogens with zero attached hydrogens (tertiary/aromatic N) is 2. The summed E-state index contributed by atoms with van der Waals surface area (Å²) in [5.74, 6) is 1.39. The zero-order valence-corrected chi connectivity index (χ0v) is 15.9. The van der Waals surface area contributed by atoms with Crippen LogP contribution in [0.2, 0.25) is 0 Å². The third-order valence-corrected chi connectivity index (χ3v) is 4.66. The molecule has 1 aliphatic heterocycles. The molecule has 1 saturated heterocycles. The molecule has 1 amide bonds. The molecule has 0 radical (unpaired) electrons. The van der Waals surface area contributed by atoms with Crippen molar-refractivity contribution in [1.82, 2.24) is 9.88 Å². The Morgan fingerprint density at radius 3 is 2.65 bits per heavy atom. The van der Waals surface area contributed by atoms with Crippen LogP contribution in [-0.4, -0.2) is 40.7 Å². The Balaban J connectivity index is 1.84. The van der Waals surface area contributed by atoms with E-state index in [1.807, 2.05) is 37.8 Å². The highest BCUT2D eigenvalue weighted by molar-refractivity contribution is 9.10. The quantitative estimate of drug-likeness (QED) is 0.845. The largest absolute Gasteiger partial charge is 0.444 e. The maximum Gasteiger partial charge on any atom is 0.410 e. The van der Waals surface area contributed by atoms with Crippen molar-refractivity contribution < 1.29 is 9.53 Å². The zero-order valence-electron chi connectivity index (χ0n) is 14.3. The summed E-state index contributed by atoms with van der Waals surface area (Å²) in [4.78, 5) is 18.3. The van der Waals surface area contributed by atoms with E-state index in [1.54, 1.807) is 6.20 Å². The lowest BCUT2D eigenvalue weighted by Gasteiger charge is -2.36. The molecule has 1 atom stereocenters. The summed E-state index contributed by atoms with van der Waals surface area (Å²) in [5.41, 5.74) is -0.436. The Hall–Kier alpha value is -1.30. The molecule has 1 fully saturated rings. The summed E-state index contributed by atoms with van der Waals surface area (Å²) in [6.45, 7) is 9.36. The van der Waals surface area contributed by atoms with Crippen LogP contribution in [-0.2, 0) is 4.74 Å².